The highest BCUT2D eigenvalue weighted by atomic mass is 16.1. The van der Waals surface area contributed by atoms with Crippen LogP contribution in [0.15, 0.2) is 12.7 Å². The smallest absolute Gasteiger partial charge is 0.136 e. The summed E-state index contributed by atoms with van der Waals surface area (Å²) in [7, 11) is 0. The second kappa shape index (κ2) is 2.81. The Labute approximate surface area is 55.8 Å². The van der Waals surface area contributed by atoms with E-state index in [4.69, 9.17) is 0 Å². The zero-order valence-electron chi connectivity index (χ0n) is 5.60. The first kappa shape index (κ1) is 6.53. The van der Waals surface area contributed by atoms with Crippen LogP contribution in [0, 0.1) is 5.92 Å². The van der Waals surface area contributed by atoms with Gasteiger partial charge in [0.15, 0.2) is 0 Å². The summed E-state index contributed by atoms with van der Waals surface area (Å²) in [6.07, 6.45) is 5.58. The number of allylic oxidation sites excluding steroid dienone is 1. The third-order valence-electron chi connectivity index (χ3n) is 1.59. The van der Waals surface area contributed by atoms with Gasteiger partial charge in [0.05, 0.1) is 0 Å². The van der Waals surface area contributed by atoms with Crippen molar-refractivity contribution in [2.24, 2.45) is 5.92 Å². The molecule has 1 heteroatoms. The molecule has 0 aromatic rings. The first-order valence-corrected chi connectivity index (χ1v) is 3.45. The van der Waals surface area contributed by atoms with Crippen LogP contribution in [0.2, 0.25) is 0 Å². The van der Waals surface area contributed by atoms with Crippen LogP contribution in [0.3, 0.4) is 0 Å². The highest BCUT2D eigenvalue weighted by Crippen LogP contribution is 2.32. The van der Waals surface area contributed by atoms with Gasteiger partial charge in [0.25, 0.3) is 0 Å². The van der Waals surface area contributed by atoms with E-state index in [0.29, 0.717) is 12.2 Å². The lowest BCUT2D eigenvalue weighted by molar-refractivity contribution is -0.118. The van der Waals surface area contributed by atoms with Gasteiger partial charge < -0.3 is 0 Å². The molecule has 50 valence electrons. The van der Waals surface area contributed by atoms with Gasteiger partial charge in [-0.1, -0.05) is 6.08 Å². The summed E-state index contributed by atoms with van der Waals surface area (Å²) in [5.41, 5.74) is 0. The molecule has 9 heavy (non-hydrogen) atoms. The van der Waals surface area contributed by atoms with Crippen molar-refractivity contribution in [2.75, 3.05) is 0 Å². The minimum Gasteiger partial charge on any atom is -0.299 e. The van der Waals surface area contributed by atoms with Crippen molar-refractivity contribution in [1.29, 1.82) is 0 Å². The SMILES string of the molecule is C=CCC(=O)CC1CC1. The summed E-state index contributed by atoms with van der Waals surface area (Å²) in [5, 5.41) is 0. The summed E-state index contributed by atoms with van der Waals surface area (Å²) in [6.45, 7) is 3.51. The lowest BCUT2D eigenvalue weighted by atomic mass is 10.1. The second-order valence-corrected chi connectivity index (χ2v) is 2.68. The molecular weight excluding hydrogens is 112 g/mol. The van der Waals surface area contributed by atoms with Gasteiger partial charge in [-0.05, 0) is 18.8 Å². The maximum atomic E-state index is 10.8. The van der Waals surface area contributed by atoms with E-state index in [9.17, 15) is 4.79 Å². The van der Waals surface area contributed by atoms with Gasteiger partial charge in [0.2, 0.25) is 0 Å². The molecule has 1 aliphatic carbocycles. The fourth-order valence-corrected chi connectivity index (χ4v) is 0.888. The Hall–Kier alpha value is -0.590. The van der Waals surface area contributed by atoms with Crippen molar-refractivity contribution in [3.63, 3.8) is 0 Å². The van der Waals surface area contributed by atoms with Crippen LogP contribution in [0.4, 0.5) is 0 Å². The van der Waals surface area contributed by atoms with Gasteiger partial charge in [-0.15, -0.1) is 6.58 Å². The maximum Gasteiger partial charge on any atom is 0.136 e. The lowest BCUT2D eigenvalue weighted by Crippen LogP contribution is -1.95. The van der Waals surface area contributed by atoms with Crippen LogP contribution in [0.25, 0.3) is 0 Å². The number of hydrogen-bond acceptors (Lipinski definition) is 1. The van der Waals surface area contributed by atoms with Crippen LogP contribution in [-0.4, -0.2) is 5.78 Å². The zero-order chi connectivity index (χ0) is 6.69. The number of Topliss-reactive ketones (excluding diaryl/α,β-unsaturated/α-hetero) is 1. The Morgan fingerprint density at radius 2 is 2.33 bits per heavy atom. The third-order valence-corrected chi connectivity index (χ3v) is 1.59. The van der Waals surface area contributed by atoms with Crippen LogP contribution >= 0.6 is 0 Å². The van der Waals surface area contributed by atoms with Crippen molar-refractivity contribution in [2.45, 2.75) is 25.7 Å². The number of carbonyl (C=O) groups is 1. The summed E-state index contributed by atoms with van der Waals surface area (Å²) in [6, 6.07) is 0. The molecule has 0 aromatic heterocycles. The Morgan fingerprint density at radius 1 is 1.67 bits per heavy atom. The van der Waals surface area contributed by atoms with Crippen molar-refractivity contribution < 1.29 is 4.79 Å². The van der Waals surface area contributed by atoms with Gasteiger partial charge in [0, 0.05) is 12.8 Å². The van der Waals surface area contributed by atoms with Crippen molar-refractivity contribution >= 4 is 5.78 Å². The van der Waals surface area contributed by atoms with E-state index < -0.39 is 0 Å². The molecule has 1 aliphatic rings. The quantitative estimate of drug-likeness (QED) is 0.523. The van der Waals surface area contributed by atoms with E-state index in [2.05, 4.69) is 6.58 Å². The van der Waals surface area contributed by atoms with Gasteiger partial charge in [0.1, 0.15) is 5.78 Å². The number of hydrogen-bond donors (Lipinski definition) is 0. The molecule has 0 bridgehead atoms. The molecule has 0 radical (unpaired) electrons. The summed E-state index contributed by atoms with van der Waals surface area (Å²) >= 11 is 0. The van der Waals surface area contributed by atoms with E-state index >= 15 is 0 Å². The molecule has 0 aliphatic heterocycles. The predicted molar refractivity (Wildman–Crippen MR) is 37.2 cm³/mol. The molecule has 0 atom stereocenters. The normalized spacial score (nSPS) is 17.3. The van der Waals surface area contributed by atoms with Gasteiger partial charge in [-0.3, -0.25) is 4.79 Å². The monoisotopic (exact) mass is 124 g/mol. The van der Waals surface area contributed by atoms with Crippen LogP contribution in [0.1, 0.15) is 25.7 Å². The summed E-state index contributed by atoms with van der Waals surface area (Å²) in [4.78, 5) is 10.8. The first-order valence-electron chi connectivity index (χ1n) is 3.45. The molecule has 0 aromatic carbocycles. The molecule has 1 saturated carbocycles. The van der Waals surface area contributed by atoms with E-state index in [1.54, 1.807) is 6.08 Å². The van der Waals surface area contributed by atoms with E-state index in [1.807, 2.05) is 0 Å². The molecule has 1 nitrogen and oxygen atoms in total. The largest absolute Gasteiger partial charge is 0.299 e. The van der Waals surface area contributed by atoms with Crippen LogP contribution in [0.5, 0.6) is 0 Å². The topological polar surface area (TPSA) is 17.1 Å². The molecule has 0 heterocycles. The number of rotatable bonds is 4. The molecule has 0 unspecified atom stereocenters. The Bertz CT molecular complexity index is 123. The van der Waals surface area contributed by atoms with Gasteiger partial charge in [-0.2, -0.15) is 0 Å². The summed E-state index contributed by atoms with van der Waals surface area (Å²) in [5.74, 6) is 1.09. The first-order chi connectivity index (χ1) is 4.33. The second-order valence-electron chi connectivity index (χ2n) is 2.68. The number of ketones is 1. The van der Waals surface area contributed by atoms with Crippen molar-refractivity contribution in [3.05, 3.63) is 12.7 Å². The highest BCUT2D eigenvalue weighted by Gasteiger charge is 2.23. The molecular formula is C8H12O. The average Bonchev–Trinajstić information content (AvgIpc) is 2.50. The van der Waals surface area contributed by atoms with Crippen molar-refractivity contribution in [1.82, 2.24) is 0 Å². The van der Waals surface area contributed by atoms with Crippen molar-refractivity contribution in [3.8, 4) is 0 Å². The molecule has 1 rings (SSSR count). The summed E-state index contributed by atoms with van der Waals surface area (Å²) < 4.78 is 0. The minimum atomic E-state index is 0.354. The van der Waals surface area contributed by atoms with Crippen LogP contribution in [-0.2, 0) is 4.79 Å². The fraction of sp³-hybridized carbons (Fsp3) is 0.625. The number of carbonyl (C=O) groups excluding carboxylic acids is 1. The minimum absolute atomic E-state index is 0.354. The van der Waals surface area contributed by atoms with E-state index in [-0.39, 0.29) is 0 Å². The Kier molecular flexibility index (Phi) is 2.04. The molecule has 0 N–H and O–H groups in total. The standard InChI is InChI=1S/C8H12O/c1-2-3-8(9)6-7-4-5-7/h2,7H,1,3-6H2. The van der Waals surface area contributed by atoms with E-state index in [1.165, 1.54) is 12.8 Å². The predicted octanol–water partition coefficient (Wildman–Crippen LogP) is 1.93. The van der Waals surface area contributed by atoms with Crippen LogP contribution < -0.4 is 0 Å². The Morgan fingerprint density at radius 3 is 2.78 bits per heavy atom. The lowest BCUT2D eigenvalue weighted by Gasteiger charge is -1.90. The molecule has 0 saturated heterocycles. The maximum absolute atomic E-state index is 10.8. The van der Waals surface area contributed by atoms with Gasteiger partial charge in [-0.25, -0.2) is 0 Å². The highest BCUT2D eigenvalue weighted by molar-refractivity contribution is 5.80. The fourth-order valence-electron chi connectivity index (χ4n) is 0.888. The zero-order valence-corrected chi connectivity index (χ0v) is 5.60. The van der Waals surface area contributed by atoms with Gasteiger partial charge >= 0.3 is 0 Å². The molecule has 1 fully saturated rings. The average molecular weight is 124 g/mol. The third kappa shape index (κ3) is 2.45. The molecule has 0 amide bonds. The Balaban J connectivity index is 2.09. The van der Waals surface area contributed by atoms with E-state index in [0.717, 1.165) is 12.3 Å². The molecule has 0 spiro atoms.